The summed E-state index contributed by atoms with van der Waals surface area (Å²) in [6.07, 6.45) is 0. The highest BCUT2D eigenvalue weighted by Crippen LogP contribution is 2.02. The van der Waals surface area contributed by atoms with E-state index in [4.69, 9.17) is 4.84 Å². The lowest BCUT2D eigenvalue weighted by Crippen LogP contribution is -2.35. The Balaban J connectivity index is 3.68. The van der Waals surface area contributed by atoms with Crippen molar-refractivity contribution in [2.45, 2.75) is 39.8 Å². The third kappa shape index (κ3) is 2.82. The second-order valence-corrected chi connectivity index (χ2v) is 2.73. The van der Waals surface area contributed by atoms with E-state index in [1.54, 1.807) is 7.11 Å². The molecular formula is C7H17NO. The van der Waals surface area contributed by atoms with Crippen molar-refractivity contribution in [1.29, 1.82) is 0 Å². The smallest absolute Gasteiger partial charge is 0.0575 e. The maximum Gasteiger partial charge on any atom is 0.0575 e. The molecule has 0 aromatic rings. The van der Waals surface area contributed by atoms with Crippen molar-refractivity contribution in [3.05, 3.63) is 0 Å². The molecule has 2 nitrogen and oxygen atoms in total. The first-order chi connectivity index (χ1) is 4.09. The van der Waals surface area contributed by atoms with Gasteiger partial charge in [-0.25, -0.2) is 0 Å². The minimum Gasteiger partial charge on any atom is -0.302 e. The minimum atomic E-state index is 0.468. The third-order valence-corrected chi connectivity index (χ3v) is 1.23. The van der Waals surface area contributed by atoms with E-state index in [9.17, 15) is 0 Å². The Hall–Kier alpha value is -0.0800. The number of nitrogens with zero attached hydrogens (tertiary/aromatic N) is 1. The highest BCUT2D eigenvalue weighted by Gasteiger charge is 2.10. The molecule has 2 heteroatoms. The van der Waals surface area contributed by atoms with Crippen LogP contribution in [0.15, 0.2) is 0 Å². The lowest BCUT2D eigenvalue weighted by molar-refractivity contribution is -0.174. The first kappa shape index (κ1) is 8.92. The topological polar surface area (TPSA) is 12.5 Å². The molecule has 0 aliphatic carbocycles. The van der Waals surface area contributed by atoms with E-state index >= 15 is 0 Å². The molecule has 9 heavy (non-hydrogen) atoms. The molecule has 0 aromatic heterocycles. The van der Waals surface area contributed by atoms with Crippen molar-refractivity contribution in [2.75, 3.05) is 7.11 Å². The Kier molecular flexibility index (Phi) is 3.82. The first-order valence-corrected chi connectivity index (χ1v) is 3.42. The Bertz CT molecular complexity index is 63.3. The van der Waals surface area contributed by atoms with Crippen LogP contribution in [0.25, 0.3) is 0 Å². The lowest BCUT2D eigenvalue weighted by Gasteiger charge is -2.27. The number of hydroxylamine groups is 2. The van der Waals surface area contributed by atoms with Gasteiger partial charge in [0.1, 0.15) is 0 Å². The van der Waals surface area contributed by atoms with Gasteiger partial charge in [0.2, 0.25) is 0 Å². The summed E-state index contributed by atoms with van der Waals surface area (Å²) in [6, 6.07) is 0.935. The zero-order valence-corrected chi connectivity index (χ0v) is 7.01. The molecular weight excluding hydrogens is 114 g/mol. The predicted molar refractivity (Wildman–Crippen MR) is 39.1 cm³/mol. The van der Waals surface area contributed by atoms with Crippen LogP contribution in [0.4, 0.5) is 0 Å². The molecule has 0 aliphatic rings. The van der Waals surface area contributed by atoms with Crippen molar-refractivity contribution < 1.29 is 4.84 Å². The normalized spacial score (nSPS) is 12.0. The number of rotatable bonds is 3. The summed E-state index contributed by atoms with van der Waals surface area (Å²) in [6.45, 7) is 8.46. The van der Waals surface area contributed by atoms with Gasteiger partial charge in [-0.05, 0) is 27.7 Å². The summed E-state index contributed by atoms with van der Waals surface area (Å²) in [5.41, 5.74) is 0. The summed E-state index contributed by atoms with van der Waals surface area (Å²) >= 11 is 0. The summed E-state index contributed by atoms with van der Waals surface area (Å²) in [7, 11) is 1.71. The number of hydrogen-bond acceptors (Lipinski definition) is 2. The molecule has 0 fully saturated rings. The lowest BCUT2D eigenvalue weighted by atomic mass is 10.3. The molecule has 0 saturated carbocycles. The van der Waals surface area contributed by atoms with Gasteiger partial charge in [0.25, 0.3) is 0 Å². The van der Waals surface area contributed by atoms with E-state index in [1.807, 2.05) is 5.06 Å². The van der Waals surface area contributed by atoms with Crippen LogP contribution < -0.4 is 0 Å². The van der Waals surface area contributed by atoms with Gasteiger partial charge in [-0.1, -0.05) is 0 Å². The van der Waals surface area contributed by atoms with Gasteiger partial charge in [0, 0.05) is 12.1 Å². The Morgan fingerprint density at radius 1 is 1.00 bits per heavy atom. The van der Waals surface area contributed by atoms with Crippen molar-refractivity contribution in [2.24, 2.45) is 0 Å². The second-order valence-electron chi connectivity index (χ2n) is 2.73. The molecule has 0 aromatic carbocycles. The van der Waals surface area contributed by atoms with Gasteiger partial charge < -0.3 is 4.84 Å². The van der Waals surface area contributed by atoms with E-state index in [-0.39, 0.29) is 0 Å². The third-order valence-electron chi connectivity index (χ3n) is 1.23. The summed E-state index contributed by atoms with van der Waals surface area (Å²) in [5, 5.41) is 1.96. The predicted octanol–water partition coefficient (Wildman–Crippen LogP) is 1.67. The Labute approximate surface area is 57.8 Å². The molecule has 0 rings (SSSR count). The van der Waals surface area contributed by atoms with Crippen LogP contribution in [0.3, 0.4) is 0 Å². The van der Waals surface area contributed by atoms with Crippen LogP contribution >= 0.6 is 0 Å². The molecule has 0 atom stereocenters. The van der Waals surface area contributed by atoms with Crippen LogP contribution in [0, 0.1) is 0 Å². The minimum absolute atomic E-state index is 0.468. The van der Waals surface area contributed by atoms with E-state index in [0.717, 1.165) is 0 Å². The molecule has 0 N–H and O–H groups in total. The molecule has 0 saturated heterocycles. The zero-order chi connectivity index (χ0) is 7.44. The summed E-state index contributed by atoms with van der Waals surface area (Å²) < 4.78 is 0. The average molecular weight is 131 g/mol. The van der Waals surface area contributed by atoms with Gasteiger partial charge in [0.05, 0.1) is 7.11 Å². The van der Waals surface area contributed by atoms with Gasteiger partial charge in [-0.3, -0.25) is 0 Å². The standard InChI is InChI=1S/C7H17NO/c1-6(2)8(9-5)7(3)4/h6-7H,1-5H3. The molecule has 0 heterocycles. The van der Waals surface area contributed by atoms with Crippen LogP contribution in [-0.2, 0) is 4.84 Å². The van der Waals surface area contributed by atoms with Gasteiger partial charge in [-0.15, -0.1) is 0 Å². The average Bonchev–Trinajstić information content (AvgIpc) is 1.64. The Morgan fingerprint density at radius 3 is 1.33 bits per heavy atom. The van der Waals surface area contributed by atoms with Crippen LogP contribution in [0.2, 0.25) is 0 Å². The second kappa shape index (κ2) is 3.85. The van der Waals surface area contributed by atoms with Crippen LogP contribution in [0.5, 0.6) is 0 Å². The monoisotopic (exact) mass is 131 g/mol. The van der Waals surface area contributed by atoms with E-state index in [1.165, 1.54) is 0 Å². The molecule has 0 spiro atoms. The maximum absolute atomic E-state index is 5.11. The molecule has 0 radical (unpaired) electrons. The van der Waals surface area contributed by atoms with Crippen molar-refractivity contribution in [3.63, 3.8) is 0 Å². The molecule has 0 unspecified atom stereocenters. The van der Waals surface area contributed by atoms with Crippen LogP contribution in [0.1, 0.15) is 27.7 Å². The first-order valence-electron chi connectivity index (χ1n) is 3.42. The quantitative estimate of drug-likeness (QED) is 0.540. The fourth-order valence-corrected chi connectivity index (χ4v) is 1.02. The molecule has 0 amide bonds. The number of hydrogen-bond donors (Lipinski definition) is 0. The van der Waals surface area contributed by atoms with Crippen LogP contribution in [-0.4, -0.2) is 24.3 Å². The fourth-order valence-electron chi connectivity index (χ4n) is 1.02. The molecule has 0 bridgehead atoms. The molecule has 0 aliphatic heterocycles. The van der Waals surface area contributed by atoms with E-state index in [0.29, 0.717) is 12.1 Å². The largest absolute Gasteiger partial charge is 0.302 e. The summed E-state index contributed by atoms with van der Waals surface area (Å²) in [4.78, 5) is 5.11. The van der Waals surface area contributed by atoms with Crippen molar-refractivity contribution in [1.82, 2.24) is 5.06 Å². The highest BCUT2D eigenvalue weighted by atomic mass is 16.7. The van der Waals surface area contributed by atoms with E-state index in [2.05, 4.69) is 27.7 Å². The maximum atomic E-state index is 5.11. The van der Waals surface area contributed by atoms with Crippen molar-refractivity contribution >= 4 is 0 Å². The van der Waals surface area contributed by atoms with Gasteiger partial charge in [-0.2, -0.15) is 5.06 Å². The van der Waals surface area contributed by atoms with Crippen molar-refractivity contribution in [3.8, 4) is 0 Å². The van der Waals surface area contributed by atoms with E-state index < -0.39 is 0 Å². The zero-order valence-electron chi connectivity index (χ0n) is 7.01. The highest BCUT2D eigenvalue weighted by molar-refractivity contribution is 4.56. The van der Waals surface area contributed by atoms with Gasteiger partial charge in [0.15, 0.2) is 0 Å². The summed E-state index contributed by atoms with van der Waals surface area (Å²) in [5.74, 6) is 0. The fraction of sp³-hybridized carbons (Fsp3) is 1.00. The SMILES string of the molecule is CON(C(C)C)C(C)C. The molecule has 56 valence electrons. The Morgan fingerprint density at radius 2 is 1.33 bits per heavy atom. The van der Waals surface area contributed by atoms with Gasteiger partial charge >= 0.3 is 0 Å².